The van der Waals surface area contributed by atoms with E-state index in [1.165, 1.54) is 15.8 Å². The van der Waals surface area contributed by atoms with Crippen molar-refractivity contribution in [2.75, 3.05) is 37.6 Å². The van der Waals surface area contributed by atoms with Gasteiger partial charge in [0.15, 0.2) is 0 Å². The zero-order valence-electron chi connectivity index (χ0n) is 14.8. The first kappa shape index (κ1) is 17.3. The largest absolute Gasteiger partial charge is 0.368 e. The van der Waals surface area contributed by atoms with Gasteiger partial charge in [0, 0.05) is 54.5 Å². The maximum atomic E-state index is 14.9. The van der Waals surface area contributed by atoms with Crippen LogP contribution in [0.4, 0.5) is 10.1 Å². The summed E-state index contributed by atoms with van der Waals surface area (Å²) in [5.74, 6) is 0. The Balaban J connectivity index is 1.31. The van der Waals surface area contributed by atoms with E-state index in [1.807, 2.05) is 0 Å². The zero-order chi connectivity index (χ0) is 17.3. The van der Waals surface area contributed by atoms with E-state index in [9.17, 15) is 4.39 Å². The molecule has 0 bridgehead atoms. The smallest absolute Gasteiger partial charge is 0.112 e. The van der Waals surface area contributed by atoms with Gasteiger partial charge in [0.1, 0.15) is 5.67 Å². The minimum absolute atomic E-state index is 0.215. The van der Waals surface area contributed by atoms with Gasteiger partial charge in [0.2, 0.25) is 0 Å². The van der Waals surface area contributed by atoms with E-state index < -0.39 is 5.67 Å². The first-order valence-electron chi connectivity index (χ1n) is 9.51. The van der Waals surface area contributed by atoms with Crippen LogP contribution in [0.25, 0.3) is 10.1 Å². The summed E-state index contributed by atoms with van der Waals surface area (Å²) in [6, 6.07) is 9.01. The van der Waals surface area contributed by atoms with Crippen molar-refractivity contribution in [2.45, 2.75) is 43.8 Å². The van der Waals surface area contributed by atoms with Gasteiger partial charge in [-0.15, -0.1) is 11.3 Å². The fourth-order valence-corrected chi connectivity index (χ4v) is 5.04. The van der Waals surface area contributed by atoms with E-state index in [-0.39, 0.29) is 6.04 Å². The predicted octanol–water partition coefficient (Wildman–Crippen LogP) is 4.02. The Kier molecular flexibility index (Phi) is 4.98. The number of alkyl halides is 1. The summed E-state index contributed by atoms with van der Waals surface area (Å²) < 4.78 is 16.2. The fraction of sp³-hybridized carbons (Fsp3) is 0.600. The van der Waals surface area contributed by atoms with E-state index in [2.05, 4.69) is 39.4 Å². The lowest BCUT2D eigenvalue weighted by molar-refractivity contribution is 0.0727. The highest BCUT2D eigenvalue weighted by Crippen LogP contribution is 2.35. The van der Waals surface area contributed by atoms with Crippen molar-refractivity contribution in [3.8, 4) is 0 Å². The van der Waals surface area contributed by atoms with Gasteiger partial charge < -0.3 is 10.6 Å². The summed E-state index contributed by atoms with van der Waals surface area (Å²) in [5.41, 5.74) is 6.29. The second-order valence-corrected chi connectivity index (χ2v) is 8.62. The maximum Gasteiger partial charge on any atom is 0.112 e. The summed E-state index contributed by atoms with van der Waals surface area (Å²) in [4.78, 5) is 4.91. The lowest BCUT2D eigenvalue weighted by atomic mass is 9.82. The molecule has 4 rings (SSSR count). The van der Waals surface area contributed by atoms with Crippen molar-refractivity contribution in [1.29, 1.82) is 0 Å². The number of hydrogen-bond donors (Lipinski definition) is 1. The van der Waals surface area contributed by atoms with Crippen LogP contribution in [0, 0.1) is 0 Å². The lowest BCUT2D eigenvalue weighted by Crippen LogP contribution is -2.48. The molecule has 1 aliphatic carbocycles. The average Bonchev–Trinajstić information content (AvgIpc) is 3.12. The van der Waals surface area contributed by atoms with Gasteiger partial charge in [-0.3, -0.25) is 4.90 Å². The highest BCUT2D eigenvalue weighted by molar-refractivity contribution is 7.17. The predicted molar refractivity (Wildman–Crippen MR) is 105 cm³/mol. The summed E-state index contributed by atoms with van der Waals surface area (Å²) in [6.45, 7) is 4.98. The number of thiophene rings is 1. The van der Waals surface area contributed by atoms with Crippen molar-refractivity contribution < 1.29 is 4.39 Å². The number of halogens is 1. The van der Waals surface area contributed by atoms with Crippen LogP contribution < -0.4 is 10.6 Å². The van der Waals surface area contributed by atoms with Crippen molar-refractivity contribution in [3.05, 3.63) is 29.6 Å². The summed E-state index contributed by atoms with van der Waals surface area (Å²) in [6.07, 6.45) is 3.65. The van der Waals surface area contributed by atoms with E-state index in [0.717, 1.165) is 45.6 Å². The normalized spacial score (nSPS) is 28.6. The molecular weight excluding hydrogens is 333 g/mol. The summed E-state index contributed by atoms with van der Waals surface area (Å²) >= 11 is 1.80. The van der Waals surface area contributed by atoms with Crippen molar-refractivity contribution in [1.82, 2.24) is 4.90 Å². The number of hydrogen-bond acceptors (Lipinski definition) is 4. The summed E-state index contributed by atoms with van der Waals surface area (Å²) in [5, 5.41) is 3.53. The third-order valence-corrected chi connectivity index (χ3v) is 6.87. The SMILES string of the molecule is NC1CCC(F)(CCN2CCN(c3cccc4sccc34)CC2)CC1. The minimum atomic E-state index is -0.977. The number of benzene rings is 1. The van der Waals surface area contributed by atoms with Crippen molar-refractivity contribution in [2.24, 2.45) is 5.73 Å². The minimum Gasteiger partial charge on any atom is -0.368 e. The molecular formula is C20H28FN3S. The zero-order valence-corrected chi connectivity index (χ0v) is 15.6. The Bertz CT molecular complexity index is 700. The highest BCUT2D eigenvalue weighted by atomic mass is 32.1. The molecule has 2 fully saturated rings. The molecule has 2 aliphatic rings. The molecule has 1 aromatic carbocycles. The summed E-state index contributed by atoms with van der Waals surface area (Å²) in [7, 11) is 0. The first-order valence-corrected chi connectivity index (χ1v) is 10.4. The van der Waals surface area contributed by atoms with Gasteiger partial charge in [-0.25, -0.2) is 4.39 Å². The molecule has 0 atom stereocenters. The number of nitrogens with zero attached hydrogens (tertiary/aromatic N) is 2. The Hall–Kier alpha value is -1.17. The Morgan fingerprint density at radius 2 is 1.88 bits per heavy atom. The molecule has 2 N–H and O–H groups in total. The molecule has 2 aromatic rings. The van der Waals surface area contributed by atoms with Gasteiger partial charge in [0.05, 0.1) is 0 Å². The maximum absolute atomic E-state index is 14.9. The molecule has 1 saturated heterocycles. The molecule has 1 aromatic heterocycles. The molecule has 1 saturated carbocycles. The molecule has 2 heterocycles. The number of rotatable bonds is 4. The molecule has 1 aliphatic heterocycles. The van der Waals surface area contributed by atoms with Gasteiger partial charge >= 0.3 is 0 Å². The van der Waals surface area contributed by atoms with Crippen LogP contribution in [0.1, 0.15) is 32.1 Å². The van der Waals surface area contributed by atoms with Crippen molar-refractivity contribution in [3.63, 3.8) is 0 Å². The quantitative estimate of drug-likeness (QED) is 0.893. The Labute approximate surface area is 153 Å². The molecule has 0 unspecified atom stereocenters. The molecule has 3 nitrogen and oxygen atoms in total. The third-order valence-electron chi connectivity index (χ3n) is 5.99. The average molecular weight is 362 g/mol. The molecule has 0 amide bonds. The fourth-order valence-electron chi connectivity index (χ4n) is 4.23. The second-order valence-electron chi connectivity index (χ2n) is 7.68. The van der Waals surface area contributed by atoms with Gasteiger partial charge in [-0.2, -0.15) is 0 Å². The number of nitrogens with two attached hydrogens (primary N) is 1. The van der Waals surface area contributed by atoms with Crippen LogP contribution in [0.2, 0.25) is 0 Å². The monoisotopic (exact) mass is 361 g/mol. The molecule has 0 spiro atoms. The lowest BCUT2D eigenvalue weighted by Gasteiger charge is -2.38. The van der Waals surface area contributed by atoms with E-state index in [0.29, 0.717) is 19.3 Å². The number of anilines is 1. The van der Waals surface area contributed by atoms with E-state index in [4.69, 9.17) is 5.73 Å². The third kappa shape index (κ3) is 3.83. The number of fused-ring (bicyclic) bond motifs is 1. The Morgan fingerprint density at radius 3 is 2.64 bits per heavy atom. The van der Waals surface area contributed by atoms with Crippen LogP contribution in [0.3, 0.4) is 0 Å². The van der Waals surface area contributed by atoms with Gasteiger partial charge in [-0.05, 0) is 55.7 Å². The number of piperazine rings is 1. The van der Waals surface area contributed by atoms with E-state index >= 15 is 0 Å². The molecule has 5 heteroatoms. The van der Waals surface area contributed by atoms with Crippen LogP contribution in [-0.4, -0.2) is 49.3 Å². The Morgan fingerprint density at radius 1 is 1.12 bits per heavy atom. The van der Waals surface area contributed by atoms with Crippen LogP contribution >= 0.6 is 11.3 Å². The van der Waals surface area contributed by atoms with Crippen LogP contribution in [0.15, 0.2) is 29.6 Å². The second kappa shape index (κ2) is 7.22. The molecule has 136 valence electrons. The molecule has 25 heavy (non-hydrogen) atoms. The standard InChI is InChI=1S/C20H28FN3S/c21-20(7-4-16(22)5-8-20)9-10-23-11-13-24(14-12-23)18-2-1-3-19-17(18)6-15-25-19/h1-3,6,15-16H,4-5,7-14,22H2. The van der Waals surface area contributed by atoms with E-state index in [1.54, 1.807) is 11.3 Å². The molecule has 0 radical (unpaired) electrons. The van der Waals surface area contributed by atoms with Gasteiger partial charge in [-0.1, -0.05) is 6.07 Å². The highest BCUT2D eigenvalue weighted by Gasteiger charge is 2.34. The van der Waals surface area contributed by atoms with Crippen LogP contribution in [-0.2, 0) is 0 Å². The van der Waals surface area contributed by atoms with Crippen molar-refractivity contribution >= 4 is 27.1 Å². The van der Waals surface area contributed by atoms with Gasteiger partial charge in [0.25, 0.3) is 0 Å². The topological polar surface area (TPSA) is 32.5 Å². The van der Waals surface area contributed by atoms with Crippen LogP contribution in [0.5, 0.6) is 0 Å². The first-order chi connectivity index (χ1) is 12.1.